The Labute approximate surface area is 218 Å². The van der Waals surface area contributed by atoms with E-state index in [2.05, 4.69) is 20.9 Å². The summed E-state index contributed by atoms with van der Waals surface area (Å²) >= 11 is 0. The van der Waals surface area contributed by atoms with E-state index in [1.807, 2.05) is 24.3 Å². The molecule has 1 aromatic carbocycles. The number of aromatic amines is 1. The van der Waals surface area contributed by atoms with Crippen LogP contribution in [0.5, 0.6) is 0 Å². The molecule has 0 spiro atoms. The first-order valence-electron chi connectivity index (χ1n) is 11.9. The lowest BCUT2D eigenvalue weighted by molar-refractivity contribution is -0.142. The number of carboxylic acid groups (broad SMARTS) is 1. The van der Waals surface area contributed by atoms with Gasteiger partial charge in [0.2, 0.25) is 29.5 Å². The molecule has 0 radical (unpaired) electrons. The minimum atomic E-state index is -1.46. The minimum absolute atomic E-state index is 0.204. The molecular weight excluding hydrogens is 498 g/mol. The number of amides is 5. The van der Waals surface area contributed by atoms with Crippen molar-refractivity contribution in [1.82, 2.24) is 20.9 Å². The Morgan fingerprint density at radius 3 is 2.05 bits per heavy atom. The van der Waals surface area contributed by atoms with Crippen LogP contribution in [0.2, 0.25) is 0 Å². The third-order valence-corrected chi connectivity index (χ3v) is 5.81. The zero-order valence-electron chi connectivity index (χ0n) is 20.9. The Kier molecular flexibility index (Phi) is 10.8. The van der Waals surface area contributed by atoms with Gasteiger partial charge in [-0.05, 0) is 37.8 Å². The van der Waals surface area contributed by atoms with Gasteiger partial charge in [0.25, 0.3) is 0 Å². The number of benzene rings is 1. The number of rotatable bonds is 15. The van der Waals surface area contributed by atoms with Crippen molar-refractivity contribution in [1.29, 1.82) is 0 Å². The predicted octanol–water partition coefficient (Wildman–Crippen LogP) is -1.87. The van der Waals surface area contributed by atoms with Crippen LogP contribution in [0.15, 0.2) is 30.5 Å². The molecule has 0 aliphatic carbocycles. The molecule has 1 heterocycles. The second-order valence-electron chi connectivity index (χ2n) is 8.87. The third-order valence-electron chi connectivity index (χ3n) is 5.81. The van der Waals surface area contributed by atoms with Gasteiger partial charge in [-0.25, -0.2) is 4.79 Å². The Bertz CT molecular complexity index is 1200. The zero-order valence-corrected chi connectivity index (χ0v) is 20.9. The quantitative estimate of drug-likeness (QED) is 0.129. The lowest BCUT2D eigenvalue weighted by Gasteiger charge is -2.23. The molecule has 0 aliphatic rings. The van der Waals surface area contributed by atoms with Crippen LogP contribution in [0.25, 0.3) is 10.9 Å². The van der Waals surface area contributed by atoms with Crippen molar-refractivity contribution in [3.05, 3.63) is 36.0 Å². The molecular formula is C24H33N7O7. The molecule has 206 valence electrons. The largest absolute Gasteiger partial charge is 0.480 e. The van der Waals surface area contributed by atoms with Crippen LogP contribution in [0.3, 0.4) is 0 Å². The number of fused-ring (bicyclic) bond motifs is 1. The van der Waals surface area contributed by atoms with Crippen LogP contribution in [-0.2, 0) is 35.2 Å². The highest BCUT2D eigenvalue weighted by atomic mass is 16.4. The third kappa shape index (κ3) is 8.89. The Balaban J connectivity index is 2.00. The number of carbonyl (C=O) groups is 6. The summed E-state index contributed by atoms with van der Waals surface area (Å²) in [7, 11) is 0. The number of nitrogens with one attached hydrogen (secondary N) is 4. The molecule has 38 heavy (non-hydrogen) atoms. The highest BCUT2D eigenvalue weighted by Gasteiger charge is 2.29. The van der Waals surface area contributed by atoms with Gasteiger partial charge in [0.05, 0.1) is 6.04 Å². The van der Waals surface area contributed by atoms with Crippen LogP contribution < -0.4 is 33.2 Å². The lowest BCUT2D eigenvalue weighted by atomic mass is 10.0. The van der Waals surface area contributed by atoms with Crippen molar-refractivity contribution in [3.8, 4) is 0 Å². The fourth-order valence-corrected chi connectivity index (χ4v) is 3.68. The predicted molar refractivity (Wildman–Crippen MR) is 136 cm³/mol. The van der Waals surface area contributed by atoms with Crippen LogP contribution in [0.1, 0.15) is 38.2 Å². The van der Waals surface area contributed by atoms with Crippen LogP contribution in [0, 0.1) is 0 Å². The molecule has 0 saturated carbocycles. The van der Waals surface area contributed by atoms with E-state index in [1.165, 1.54) is 6.92 Å². The minimum Gasteiger partial charge on any atom is -0.480 e. The molecule has 0 saturated heterocycles. The van der Waals surface area contributed by atoms with Gasteiger partial charge in [-0.1, -0.05) is 18.2 Å². The van der Waals surface area contributed by atoms with Gasteiger partial charge in [-0.2, -0.15) is 0 Å². The summed E-state index contributed by atoms with van der Waals surface area (Å²) in [6.07, 6.45) is 0.883. The summed E-state index contributed by atoms with van der Waals surface area (Å²) in [5.74, 6) is -5.20. The highest BCUT2D eigenvalue weighted by Crippen LogP contribution is 2.18. The van der Waals surface area contributed by atoms with Gasteiger partial charge in [0.15, 0.2) is 0 Å². The van der Waals surface area contributed by atoms with Gasteiger partial charge in [0.1, 0.15) is 18.1 Å². The first kappa shape index (κ1) is 29.8. The van der Waals surface area contributed by atoms with E-state index in [9.17, 15) is 33.9 Å². The number of hydrogen-bond acceptors (Lipinski definition) is 7. The van der Waals surface area contributed by atoms with Crippen molar-refractivity contribution in [3.63, 3.8) is 0 Å². The number of nitrogens with two attached hydrogens (primary N) is 3. The number of aliphatic carboxylic acids is 1. The van der Waals surface area contributed by atoms with Gasteiger partial charge >= 0.3 is 5.97 Å². The van der Waals surface area contributed by atoms with Crippen molar-refractivity contribution in [2.75, 3.05) is 0 Å². The molecule has 4 unspecified atom stereocenters. The van der Waals surface area contributed by atoms with E-state index in [0.717, 1.165) is 16.5 Å². The van der Waals surface area contributed by atoms with Crippen molar-refractivity contribution < 1.29 is 33.9 Å². The van der Waals surface area contributed by atoms with E-state index in [4.69, 9.17) is 17.2 Å². The summed E-state index contributed by atoms with van der Waals surface area (Å²) in [6, 6.07) is 2.62. The fourth-order valence-electron chi connectivity index (χ4n) is 3.68. The molecule has 14 nitrogen and oxygen atoms in total. The lowest BCUT2D eigenvalue weighted by Crippen LogP contribution is -2.56. The van der Waals surface area contributed by atoms with Gasteiger partial charge in [-0.3, -0.25) is 24.0 Å². The SMILES string of the molecule is CC(NC(=O)C(N)Cc1c[nH]c2ccccc12)C(=O)NC(CCC(N)=O)C(=O)NC(CCC(N)=O)C(=O)O. The standard InChI is InChI=1S/C24H33N7O7/c1-12(29-22(35)15(25)10-13-11-28-16-5-3-2-4-14(13)16)21(34)30-17(6-8-19(26)32)23(36)31-18(24(37)38)7-9-20(27)33/h2-5,11-12,15,17-18,28H,6-10,25H2,1H3,(H2,26,32)(H2,27,33)(H,29,35)(H,30,34)(H,31,36)(H,37,38). The molecule has 0 fully saturated rings. The molecule has 4 atom stereocenters. The Morgan fingerprint density at radius 1 is 0.868 bits per heavy atom. The normalized spacial score (nSPS) is 14.1. The summed E-state index contributed by atoms with van der Waals surface area (Å²) < 4.78 is 0. The van der Waals surface area contributed by atoms with Crippen LogP contribution in [0.4, 0.5) is 0 Å². The molecule has 14 heteroatoms. The average molecular weight is 532 g/mol. The molecule has 0 bridgehead atoms. The van der Waals surface area contributed by atoms with Gasteiger partial charge in [-0.15, -0.1) is 0 Å². The molecule has 2 rings (SSSR count). The van der Waals surface area contributed by atoms with Crippen molar-refractivity contribution >= 4 is 46.4 Å². The van der Waals surface area contributed by atoms with Crippen LogP contribution >= 0.6 is 0 Å². The van der Waals surface area contributed by atoms with Crippen LogP contribution in [-0.4, -0.2) is 69.8 Å². The number of aromatic nitrogens is 1. The van der Waals surface area contributed by atoms with E-state index >= 15 is 0 Å². The molecule has 2 aromatic rings. The summed E-state index contributed by atoms with van der Waals surface area (Å²) in [5.41, 5.74) is 18.0. The maximum atomic E-state index is 12.7. The zero-order chi connectivity index (χ0) is 28.4. The van der Waals surface area contributed by atoms with Gasteiger partial charge in [0, 0.05) is 29.9 Å². The average Bonchev–Trinajstić information content (AvgIpc) is 3.26. The number of carbonyl (C=O) groups excluding carboxylic acids is 5. The first-order valence-corrected chi connectivity index (χ1v) is 11.9. The monoisotopic (exact) mass is 531 g/mol. The number of hydrogen-bond donors (Lipinski definition) is 8. The molecule has 1 aromatic heterocycles. The van der Waals surface area contributed by atoms with E-state index in [1.54, 1.807) is 6.20 Å². The van der Waals surface area contributed by atoms with E-state index < -0.39 is 59.7 Å². The highest BCUT2D eigenvalue weighted by molar-refractivity contribution is 5.94. The second-order valence-corrected chi connectivity index (χ2v) is 8.87. The topological polar surface area (TPSA) is 253 Å². The summed E-state index contributed by atoms with van der Waals surface area (Å²) in [5, 5.41) is 17.3. The Hall–Kier alpha value is -4.46. The molecule has 5 amide bonds. The van der Waals surface area contributed by atoms with E-state index in [0.29, 0.717) is 0 Å². The number of carboxylic acids is 1. The maximum absolute atomic E-state index is 12.7. The smallest absolute Gasteiger partial charge is 0.326 e. The number of para-hydroxylation sites is 1. The number of primary amides is 2. The molecule has 0 aliphatic heterocycles. The van der Waals surface area contributed by atoms with E-state index in [-0.39, 0.29) is 32.1 Å². The summed E-state index contributed by atoms with van der Waals surface area (Å²) in [4.78, 5) is 74.9. The van der Waals surface area contributed by atoms with Gasteiger partial charge < -0.3 is 43.2 Å². The first-order chi connectivity index (χ1) is 17.9. The molecule has 11 N–H and O–H groups in total. The van der Waals surface area contributed by atoms with Crippen molar-refractivity contribution in [2.24, 2.45) is 17.2 Å². The van der Waals surface area contributed by atoms with Crippen molar-refractivity contribution in [2.45, 2.75) is 63.2 Å². The second kappa shape index (κ2) is 13.7. The summed E-state index contributed by atoms with van der Waals surface area (Å²) in [6.45, 7) is 1.38. The maximum Gasteiger partial charge on any atom is 0.326 e. The number of H-pyrrole nitrogens is 1. The fraction of sp³-hybridized carbons (Fsp3) is 0.417. The Morgan fingerprint density at radius 2 is 1.45 bits per heavy atom.